The zero-order valence-electron chi connectivity index (χ0n) is 22.7. The molecule has 1 saturated heterocycles. The van der Waals surface area contributed by atoms with Crippen LogP contribution in [-0.2, 0) is 26.3 Å². The lowest BCUT2D eigenvalue weighted by atomic mass is 9.83. The largest absolute Gasteiger partial charge is 0.351 e. The van der Waals surface area contributed by atoms with Gasteiger partial charge in [0.05, 0.1) is 11.6 Å². The maximum absolute atomic E-state index is 14.7. The smallest absolute Gasteiger partial charge is 0.252 e. The van der Waals surface area contributed by atoms with Gasteiger partial charge in [-0.15, -0.1) is 0 Å². The number of anilines is 2. The number of pyridine rings is 1. The summed E-state index contributed by atoms with van der Waals surface area (Å²) in [4.78, 5) is 48.6. The Kier molecular flexibility index (Phi) is 6.91. The predicted octanol–water partition coefficient (Wildman–Crippen LogP) is 4.52. The van der Waals surface area contributed by atoms with Crippen molar-refractivity contribution in [2.45, 2.75) is 62.1 Å². The Balaban J connectivity index is 1.50. The van der Waals surface area contributed by atoms with Crippen LogP contribution in [0.5, 0.6) is 0 Å². The molecular formula is C31H25F4N5O3. The van der Waals surface area contributed by atoms with E-state index in [1.165, 1.54) is 42.6 Å². The number of hydrogen-bond donors (Lipinski definition) is 1. The Morgan fingerprint density at radius 1 is 1.05 bits per heavy atom. The van der Waals surface area contributed by atoms with Crippen molar-refractivity contribution in [3.05, 3.63) is 89.1 Å². The van der Waals surface area contributed by atoms with Crippen molar-refractivity contribution in [3.63, 3.8) is 0 Å². The number of aromatic nitrogens is 1. The highest BCUT2D eigenvalue weighted by Crippen LogP contribution is 2.47. The quantitative estimate of drug-likeness (QED) is 0.425. The molecule has 0 spiro atoms. The highest BCUT2D eigenvalue weighted by molar-refractivity contribution is 6.12. The summed E-state index contributed by atoms with van der Waals surface area (Å²) in [6.45, 7) is 0. The van der Waals surface area contributed by atoms with Gasteiger partial charge in [-0.3, -0.25) is 24.2 Å². The van der Waals surface area contributed by atoms with Crippen molar-refractivity contribution in [1.82, 2.24) is 10.3 Å². The van der Waals surface area contributed by atoms with E-state index in [1.807, 2.05) is 6.07 Å². The fourth-order valence-electron chi connectivity index (χ4n) is 6.39. The average Bonchev–Trinajstić information content (AvgIpc) is 3.53. The Hall–Kier alpha value is -4.79. The standard InChI is InChI=1S/C31H25F4N5O3/c32-20-2-1-3-23(14-20)40(28(42)25-6-7-27(41)39(25)26-12-18(17-36)9-11-37-26)31(29(43)38-22-15-30(34,35)16-22)10-8-19-13-21(33)4-5-24(19)31/h1-5,9,11-14,22,25H,6-8,10,15-16H2,(H,38,43)/t25-,31+/m0/s1. The van der Waals surface area contributed by atoms with Crippen molar-refractivity contribution in [3.8, 4) is 6.07 Å². The molecular weight excluding hydrogens is 566 g/mol. The van der Waals surface area contributed by atoms with Gasteiger partial charge in [-0.05, 0) is 72.9 Å². The molecule has 1 saturated carbocycles. The molecule has 1 aromatic heterocycles. The lowest BCUT2D eigenvalue weighted by Crippen LogP contribution is -2.64. The van der Waals surface area contributed by atoms with E-state index in [0.29, 0.717) is 5.56 Å². The minimum atomic E-state index is -2.93. The van der Waals surface area contributed by atoms with Gasteiger partial charge in [-0.25, -0.2) is 22.5 Å². The first-order chi connectivity index (χ1) is 20.5. The van der Waals surface area contributed by atoms with Crippen molar-refractivity contribution < 1.29 is 31.9 Å². The third-order valence-corrected chi connectivity index (χ3v) is 8.36. The molecule has 2 atom stereocenters. The SMILES string of the molecule is N#Cc1ccnc(N2C(=O)CC[C@H]2C(=O)N(c2cccc(F)c2)[C@]2(C(=O)NC3CC(F)(F)C3)CCc3cc(F)ccc32)c1. The first kappa shape index (κ1) is 28.3. The summed E-state index contributed by atoms with van der Waals surface area (Å²) in [6, 6.07) is 11.5. The van der Waals surface area contributed by atoms with Gasteiger partial charge in [0.2, 0.25) is 5.91 Å². The first-order valence-electron chi connectivity index (χ1n) is 13.8. The lowest BCUT2D eigenvalue weighted by molar-refractivity contribution is -0.137. The molecule has 12 heteroatoms. The van der Waals surface area contributed by atoms with E-state index in [-0.39, 0.29) is 48.3 Å². The number of hydrogen-bond acceptors (Lipinski definition) is 5. The summed E-state index contributed by atoms with van der Waals surface area (Å²) >= 11 is 0. The van der Waals surface area contributed by atoms with Gasteiger partial charge in [0.1, 0.15) is 23.5 Å². The first-order valence-corrected chi connectivity index (χ1v) is 13.8. The van der Waals surface area contributed by atoms with Crippen molar-refractivity contribution in [1.29, 1.82) is 5.26 Å². The topological polar surface area (TPSA) is 106 Å². The molecule has 2 aromatic carbocycles. The van der Waals surface area contributed by atoms with Crippen LogP contribution in [0.2, 0.25) is 0 Å². The molecule has 6 rings (SSSR count). The molecule has 43 heavy (non-hydrogen) atoms. The van der Waals surface area contributed by atoms with Crippen molar-refractivity contribution in [2.75, 3.05) is 9.80 Å². The number of nitriles is 1. The van der Waals surface area contributed by atoms with E-state index >= 15 is 0 Å². The van der Waals surface area contributed by atoms with Crippen LogP contribution in [0, 0.1) is 23.0 Å². The third-order valence-electron chi connectivity index (χ3n) is 8.36. The molecule has 0 bridgehead atoms. The van der Waals surface area contributed by atoms with Crippen LogP contribution in [0.25, 0.3) is 0 Å². The number of carbonyl (C=O) groups is 3. The fourth-order valence-corrected chi connectivity index (χ4v) is 6.39. The fraction of sp³-hybridized carbons (Fsp3) is 0.323. The Labute approximate surface area is 243 Å². The molecule has 3 aromatic rings. The molecule has 3 amide bonds. The van der Waals surface area contributed by atoms with Gasteiger partial charge < -0.3 is 5.32 Å². The molecule has 2 fully saturated rings. The van der Waals surface area contributed by atoms with Gasteiger partial charge in [-0.2, -0.15) is 5.26 Å². The van der Waals surface area contributed by atoms with E-state index in [9.17, 15) is 37.2 Å². The average molecular weight is 592 g/mol. The highest BCUT2D eigenvalue weighted by atomic mass is 19.3. The lowest BCUT2D eigenvalue weighted by Gasteiger charge is -2.45. The Bertz CT molecular complexity index is 1680. The molecule has 1 N–H and O–H groups in total. The third kappa shape index (κ3) is 4.88. The number of fused-ring (bicyclic) bond motifs is 1. The van der Waals surface area contributed by atoms with Crippen molar-refractivity contribution in [2.24, 2.45) is 0 Å². The van der Waals surface area contributed by atoms with E-state index in [0.717, 1.165) is 28.0 Å². The van der Waals surface area contributed by atoms with Crippen LogP contribution < -0.4 is 15.1 Å². The minimum absolute atomic E-state index is 0.00528. The van der Waals surface area contributed by atoms with E-state index in [1.54, 1.807) is 0 Å². The Morgan fingerprint density at radius 2 is 1.81 bits per heavy atom. The number of rotatable bonds is 6. The zero-order chi connectivity index (χ0) is 30.5. The van der Waals surface area contributed by atoms with Crippen LogP contribution >= 0.6 is 0 Å². The van der Waals surface area contributed by atoms with Crippen molar-refractivity contribution >= 4 is 29.2 Å². The van der Waals surface area contributed by atoms with Gasteiger partial charge in [0.15, 0.2) is 5.54 Å². The maximum Gasteiger partial charge on any atom is 0.252 e. The van der Waals surface area contributed by atoms with Crippen LogP contribution in [-0.4, -0.2) is 40.7 Å². The molecule has 0 radical (unpaired) electrons. The molecule has 2 aliphatic carbocycles. The second kappa shape index (κ2) is 10.5. The van der Waals surface area contributed by atoms with E-state index in [2.05, 4.69) is 10.3 Å². The van der Waals surface area contributed by atoms with Gasteiger partial charge in [0, 0.05) is 37.2 Å². The predicted molar refractivity (Wildman–Crippen MR) is 146 cm³/mol. The number of carbonyl (C=O) groups excluding carboxylic acids is 3. The summed E-state index contributed by atoms with van der Waals surface area (Å²) in [5.74, 6) is -6.09. The number of nitrogens with zero attached hydrogens (tertiary/aromatic N) is 4. The van der Waals surface area contributed by atoms with Crippen LogP contribution in [0.1, 0.15) is 48.8 Å². The van der Waals surface area contributed by atoms with Crippen LogP contribution in [0.4, 0.5) is 29.1 Å². The number of alkyl halides is 2. The summed E-state index contributed by atoms with van der Waals surface area (Å²) in [7, 11) is 0. The number of halogens is 4. The van der Waals surface area contributed by atoms with Gasteiger partial charge >= 0.3 is 0 Å². The highest BCUT2D eigenvalue weighted by Gasteiger charge is 2.57. The molecule has 2 heterocycles. The van der Waals surface area contributed by atoms with E-state index in [4.69, 9.17) is 0 Å². The van der Waals surface area contributed by atoms with Crippen LogP contribution in [0.3, 0.4) is 0 Å². The summed E-state index contributed by atoms with van der Waals surface area (Å²) < 4.78 is 56.5. The second-order valence-electron chi connectivity index (χ2n) is 11.1. The normalized spacial score (nSPS) is 22.4. The molecule has 220 valence electrons. The monoisotopic (exact) mass is 591 g/mol. The number of benzene rings is 2. The summed E-state index contributed by atoms with van der Waals surface area (Å²) in [5, 5.41) is 12.0. The number of amides is 3. The molecule has 0 unspecified atom stereocenters. The number of nitrogens with one attached hydrogen (secondary N) is 1. The van der Waals surface area contributed by atoms with Crippen LogP contribution in [0.15, 0.2) is 60.8 Å². The summed E-state index contributed by atoms with van der Waals surface area (Å²) in [6.07, 6.45) is 0.284. The zero-order valence-corrected chi connectivity index (χ0v) is 22.7. The van der Waals surface area contributed by atoms with E-state index < -0.39 is 65.7 Å². The maximum atomic E-state index is 14.7. The number of aryl methyl sites for hydroxylation is 1. The van der Waals surface area contributed by atoms with Gasteiger partial charge in [0.25, 0.3) is 17.7 Å². The molecule has 8 nitrogen and oxygen atoms in total. The Morgan fingerprint density at radius 3 is 2.53 bits per heavy atom. The summed E-state index contributed by atoms with van der Waals surface area (Å²) in [5.41, 5.74) is -0.966. The minimum Gasteiger partial charge on any atom is -0.351 e. The van der Waals surface area contributed by atoms with Gasteiger partial charge in [-0.1, -0.05) is 12.1 Å². The second-order valence-corrected chi connectivity index (χ2v) is 11.1. The molecule has 3 aliphatic rings. The molecule has 1 aliphatic heterocycles.